The van der Waals surface area contributed by atoms with Gasteiger partial charge in [0.25, 0.3) is 0 Å². The second-order valence-electron chi connectivity index (χ2n) is 3.77. The number of piperidine rings is 1. The molecule has 2 atom stereocenters. The highest BCUT2D eigenvalue weighted by molar-refractivity contribution is 7.08. The highest BCUT2D eigenvalue weighted by atomic mass is 32.1. The normalized spacial score (nSPS) is 29.3. The van der Waals surface area contributed by atoms with Gasteiger partial charge in [-0.05, 0) is 20.0 Å². The van der Waals surface area contributed by atoms with Crippen LogP contribution in [0.3, 0.4) is 0 Å². The predicted octanol–water partition coefficient (Wildman–Crippen LogP) is -0.422. The molecule has 6 heteroatoms. The van der Waals surface area contributed by atoms with Crippen molar-refractivity contribution >= 4 is 11.3 Å². The number of hydrogen-bond acceptors (Lipinski definition) is 5. The summed E-state index contributed by atoms with van der Waals surface area (Å²) >= 11 is 1.17. The Kier molecular flexibility index (Phi) is 2.66. The molecule has 0 aliphatic carbocycles. The Hall–Kier alpha value is -0.720. The molecule has 0 aromatic carbocycles. The molecular formula is C8H14N4OS. The van der Waals surface area contributed by atoms with E-state index < -0.39 is 0 Å². The molecule has 0 radical (unpaired) electrons. The molecule has 14 heavy (non-hydrogen) atoms. The smallest absolute Gasteiger partial charge is 0.322 e. The van der Waals surface area contributed by atoms with Crippen LogP contribution in [0.1, 0.15) is 17.3 Å². The van der Waals surface area contributed by atoms with Gasteiger partial charge >= 0.3 is 4.87 Å². The summed E-state index contributed by atoms with van der Waals surface area (Å²) < 4.78 is 0. The van der Waals surface area contributed by atoms with Crippen molar-refractivity contribution in [1.82, 2.24) is 15.1 Å². The van der Waals surface area contributed by atoms with Gasteiger partial charge in [-0.1, -0.05) is 11.3 Å². The van der Waals surface area contributed by atoms with E-state index in [-0.39, 0.29) is 16.8 Å². The second-order valence-corrected chi connectivity index (χ2v) is 4.77. The molecule has 5 nitrogen and oxygen atoms in total. The van der Waals surface area contributed by atoms with Gasteiger partial charge in [-0.3, -0.25) is 4.79 Å². The minimum Gasteiger partial charge on any atom is -0.327 e. The molecule has 1 fully saturated rings. The van der Waals surface area contributed by atoms with Crippen LogP contribution in [0, 0.1) is 0 Å². The molecule has 3 N–H and O–H groups in total. The molecule has 1 aromatic heterocycles. The standard InChI is InChI=1S/C8H14N4OS/c1-12-3-2-6(9)5(4-12)7-10-11-8(13)14-7/h5-6H,2-4,9H2,1H3,(H,11,13). The first-order valence-electron chi connectivity index (χ1n) is 4.66. The monoisotopic (exact) mass is 214 g/mol. The fourth-order valence-electron chi connectivity index (χ4n) is 1.79. The number of nitrogens with two attached hydrogens (primary N) is 1. The van der Waals surface area contributed by atoms with Gasteiger partial charge in [0.05, 0.1) is 0 Å². The lowest BCUT2D eigenvalue weighted by Gasteiger charge is -2.33. The number of H-pyrrole nitrogens is 1. The molecule has 1 aromatic rings. The van der Waals surface area contributed by atoms with E-state index in [1.165, 1.54) is 11.3 Å². The van der Waals surface area contributed by atoms with Gasteiger partial charge in [-0.2, -0.15) is 5.10 Å². The number of aromatic nitrogens is 2. The van der Waals surface area contributed by atoms with Crippen molar-refractivity contribution in [3.05, 3.63) is 14.7 Å². The van der Waals surface area contributed by atoms with Crippen LogP contribution in [0.15, 0.2) is 4.79 Å². The number of nitrogens with zero attached hydrogens (tertiary/aromatic N) is 2. The molecule has 2 heterocycles. The maximum Gasteiger partial charge on any atom is 0.322 e. The topological polar surface area (TPSA) is 75.0 Å². The van der Waals surface area contributed by atoms with Crippen LogP contribution >= 0.6 is 11.3 Å². The van der Waals surface area contributed by atoms with Crippen molar-refractivity contribution in [2.24, 2.45) is 5.73 Å². The average molecular weight is 214 g/mol. The summed E-state index contributed by atoms with van der Waals surface area (Å²) in [6.45, 7) is 1.92. The van der Waals surface area contributed by atoms with E-state index in [0.717, 1.165) is 24.5 Å². The van der Waals surface area contributed by atoms with Crippen molar-refractivity contribution in [2.75, 3.05) is 20.1 Å². The minimum absolute atomic E-state index is 0.0968. The van der Waals surface area contributed by atoms with E-state index in [9.17, 15) is 4.79 Å². The van der Waals surface area contributed by atoms with Crippen molar-refractivity contribution < 1.29 is 0 Å². The predicted molar refractivity (Wildman–Crippen MR) is 55.6 cm³/mol. The lowest BCUT2D eigenvalue weighted by molar-refractivity contribution is 0.227. The van der Waals surface area contributed by atoms with Crippen LogP contribution in [0.2, 0.25) is 0 Å². The second kappa shape index (κ2) is 3.80. The van der Waals surface area contributed by atoms with E-state index >= 15 is 0 Å². The molecule has 1 aliphatic rings. The van der Waals surface area contributed by atoms with E-state index in [1.54, 1.807) is 0 Å². The summed E-state index contributed by atoms with van der Waals surface area (Å²) in [5, 5.41) is 7.28. The zero-order chi connectivity index (χ0) is 10.1. The molecule has 2 unspecified atom stereocenters. The zero-order valence-electron chi connectivity index (χ0n) is 8.06. The Labute approximate surface area is 85.9 Å². The van der Waals surface area contributed by atoms with Crippen molar-refractivity contribution in [2.45, 2.75) is 18.4 Å². The van der Waals surface area contributed by atoms with E-state index in [2.05, 4.69) is 22.1 Å². The summed E-state index contributed by atoms with van der Waals surface area (Å²) in [7, 11) is 2.06. The van der Waals surface area contributed by atoms with Crippen LogP contribution in [0.25, 0.3) is 0 Å². The quantitative estimate of drug-likeness (QED) is 0.665. The van der Waals surface area contributed by atoms with E-state index in [1.807, 2.05) is 0 Å². The van der Waals surface area contributed by atoms with Crippen molar-refractivity contribution in [3.63, 3.8) is 0 Å². The number of hydrogen-bond donors (Lipinski definition) is 2. The Morgan fingerprint density at radius 1 is 1.71 bits per heavy atom. The van der Waals surface area contributed by atoms with Gasteiger partial charge in [0.1, 0.15) is 5.01 Å². The van der Waals surface area contributed by atoms with E-state index in [4.69, 9.17) is 5.73 Å². The molecule has 1 saturated heterocycles. The summed E-state index contributed by atoms with van der Waals surface area (Å²) in [6.07, 6.45) is 0.967. The molecular weight excluding hydrogens is 200 g/mol. The summed E-state index contributed by atoms with van der Waals surface area (Å²) in [6, 6.07) is 0.130. The third-order valence-electron chi connectivity index (χ3n) is 2.64. The Balaban J connectivity index is 2.19. The Morgan fingerprint density at radius 3 is 3.14 bits per heavy atom. The SMILES string of the molecule is CN1CCC(N)C(c2n[nH]c(=O)s2)C1. The fourth-order valence-corrected chi connectivity index (χ4v) is 2.57. The number of likely N-dealkylation sites (N-methyl/N-ethyl adjacent to an activating group) is 1. The summed E-state index contributed by atoms with van der Waals surface area (Å²) in [5.74, 6) is 0.206. The minimum atomic E-state index is -0.0968. The van der Waals surface area contributed by atoms with Gasteiger partial charge in [-0.25, -0.2) is 5.10 Å². The molecule has 0 saturated carbocycles. The van der Waals surface area contributed by atoms with Crippen molar-refractivity contribution in [3.8, 4) is 0 Å². The van der Waals surface area contributed by atoms with Gasteiger partial charge in [0, 0.05) is 18.5 Å². The van der Waals surface area contributed by atoms with Crippen LogP contribution in [-0.4, -0.2) is 41.3 Å². The number of likely N-dealkylation sites (tertiary alicyclic amines) is 1. The highest BCUT2D eigenvalue weighted by Gasteiger charge is 2.28. The molecule has 0 bridgehead atoms. The first-order valence-corrected chi connectivity index (χ1v) is 5.48. The lowest BCUT2D eigenvalue weighted by Crippen LogP contribution is -2.44. The van der Waals surface area contributed by atoms with Gasteiger partial charge < -0.3 is 10.6 Å². The fraction of sp³-hybridized carbons (Fsp3) is 0.750. The highest BCUT2D eigenvalue weighted by Crippen LogP contribution is 2.24. The summed E-state index contributed by atoms with van der Waals surface area (Å²) in [4.78, 5) is 13.1. The van der Waals surface area contributed by atoms with Crippen molar-refractivity contribution in [1.29, 1.82) is 0 Å². The lowest BCUT2D eigenvalue weighted by atomic mass is 9.94. The first-order chi connectivity index (χ1) is 6.66. The third-order valence-corrected chi connectivity index (χ3v) is 3.52. The maximum absolute atomic E-state index is 11.0. The van der Waals surface area contributed by atoms with Crippen LogP contribution in [-0.2, 0) is 0 Å². The number of rotatable bonds is 1. The molecule has 78 valence electrons. The van der Waals surface area contributed by atoms with Gasteiger partial charge in [0.15, 0.2) is 0 Å². The van der Waals surface area contributed by atoms with Crippen LogP contribution in [0.5, 0.6) is 0 Å². The third kappa shape index (κ3) is 1.87. The molecule has 2 rings (SSSR count). The zero-order valence-corrected chi connectivity index (χ0v) is 8.88. The van der Waals surface area contributed by atoms with Crippen LogP contribution < -0.4 is 10.6 Å². The summed E-state index contributed by atoms with van der Waals surface area (Å²) in [5.41, 5.74) is 6.01. The number of nitrogens with one attached hydrogen (secondary N) is 1. The largest absolute Gasteiger partial charge is 0.327 e. The Morgan fingerprint density at radius 2 is 2.50 bits per heavy atom. The molecule has 1 aliphatic heterocycles. The van der Waals surface area contributed by atoms with Crippen LogP contribution in [0.4, 0.5) is 0 Å². The van der Waals surface area contributed by atoms with Gasteiger partial charge in [0.2, 0.25) is 0 Å². The molecule has 0 spiro atoms. The number of aromatic amines is 1. The Bertz CT molecular complexity index is 360. The van der Waals surface area contributed by atoms with Gasteiger partial charge in [-0.15, -0.1) is 0 Å². The maximum atomic E-state index is 11.0. The molecule has 0 amide bonds. The van der Waals surface area contributed by atoms with E-state index in [0.29, 0.717) is 0 Å². The first kappa shape index (κ1) is 9.82. The average Bonchev–Trinajstić information content (AvgIpc) is 2.56.